The number of hydrogen-bond acceptors (Lipinski definition) is 7. The third kappa shape index (κ3) is 5.64. The number of carbonyl (C=O) groups is 1. The van der Waals surface area contributed by atoms with Gasteiger partial charge in [-0.25, -0.2) is 9.97 Å². The molecule has 5 rings (SSSR count). The number of aromatic nitrogens is 2. The third-order valence-electron chi connectivity index (χ3n) is 7.05. The highest BCUT2D eigenvalue weighted by molar-refractivity contribution is 5.94. The van der Waals surface area contributed by atoms with Crippen molar-refractivity contribution in [1.82, 2.24) is 9.97 Å². The zero-order valence-corrected chi connectivity index (χ0v) is 20.4. The number of nitrogens with two attached hydrogens (primary N) is 2. The second-order valence-electron chi connectivity index (χ2n) is 9.64. The lowest BCUT2D eigenvalue weighted by Gasteiger charge is -2.34. The van der Waals surface area contributed by atoms with Gasteiger partial charge in [-0.05, 0) is 73.2 Å². The Balaban J connectivity index is 1.31. The molecule has 0 bridgehead atoms. The van der Waals surface area contributed by atoms with Gasteiger partial charge < -0.3 is 21.7 Å². The molecule has 2 fully saturated rings. The van der Waals surface area contributed by atoms with Gasteiger partial charge in [0, 0.05) is 30.1 Å². The van der Waals surface area contributed by atoms with E-state index < -0.39 is 5.91 Å². The Morgan fingerprint density at radius 3 is 2.72 bits per heavy atom. The van der Waals surface area contributed by atoms with Crippen LogP contribution in [0.1, 0.15) is 48.9 Å². The summed E-state index contributed by atoms with van der Waals surface area (Å²) >= 11 is 0. The van der Waals surface area contributed by atoms with Gasteiger partial charge in [-0.1, -0.05) is 25.0 Å². The molecule has 1 aliphatic heterocycles. The number of rotatable bonds is 6. The van der Waals surface area contributed by atoms with Gasteiger partial charge in [0.1, 0.15) is 11.6 Å². The van der Waals surface area contributed by atoms with E-state index in [1.54, 1.807) is 12.3 Å². The van der Waals surface area contributed by atoms with Gasteiger partial charge in [0.15, 0.2) is 0 Å². The number of nitrogens with zero attached hydrogens (tertiary/aromatic N) is 4. The standard InChI is InChI=1S/C28H33N7O/c29-26-11-10-23(17-32-26)35-14-4-7-22(18-35)33-24-8-1-2-9-25(24)34-27-16-20(12-13-31-27)19-5-3-6-21(15-19)28(30)36/h3,5-6,10-13,15-17,24-25H,1-2,4,7-9,14,18H2,(H2,29,32)(H2,30,36)(H,31,34)/b33-22+/t24-,25-/m1/s1. The summed E-state index contributed by atoms with van der Waals surface area (Å²) in [5, 5.41) is 3.67. The molecule has 0 unspecified atom stereocenters. The van der Waals surface area contributed by atoms with E-state index in [-0.39, 0.29) is 12.1 Å². The Morgan fingerprint density at radius 2 is 1.89 bits per heavy atom. The number of nitrogen functional groups attached to an aromatic ring is 1. The fourth-order valence-electron chi connectivity index (χ4n) is 5.16. The van der Waals surface area contributed by atoms with Gasteiger partial charge in [0.2, 0.25) is 5.91 Å². The summed E-state index contributed by atoms with van der Waals surface area (Å²) in [6, 6.07) is 15.7. The first kappa shape index (κ1) is 23.8. The molecule has 2 aromatic heterocycles. The van der Waals surface area contributed by atoms with Gasteiger partial charge in [0.05, 0.1) is 24.5 Å². The molecule has 5 N–H and O–H groups in total. The molecule has 8 heteroatoms. The van der Waals surface area contributed by atoms with Crippen LogP contribution in [0, 0.1) is 0 Å². The van der Waals surface area contributed by atoms with Crippen LogP contribution in [0.25, 0.3) is 11.1 Å². The number of nitrogens with one attached hydrogen (secondary N) is 1. The molecule has 1 saturated heterocycles. The quantitative estimate of drug-likeness (QED) is 0.481. The number of aliphatic imine (C=N–C) groups is 1. The number of amides is 1. The summed E-state index contributed by atoms with van der Waals surface area (Å²) in [4.78, 5) is 28.0. The number of anilines is 3. The summed E-state index contributed by atoms with van der Waals surface area (Å²) in [7, 11) is 0. The van der Waals surface area contributed by atoms with E-state index in [9.17, 15) is 4.79 Å². The predicted molar refractivity (Wildman–Crippen MR) is 145 cm³/mol. The first-order valence-electron chi connectivity index (χ1n) is 12.7. The highest BCUT2D eigenvalue weighted by atomic mass is 16.1. The van der Waals surface area contributed by atoms with Crippen molar-refractivity contribution >= 4 is 28.9 Å². The Bertz CT molecular complexity index is 1240. The van der Waals surface area contributed by atoms with Gasteiger partial charge >= 0.3 is 0 Å². The average molecular weight is 484 g/mol. The van der Waals surface area contributed by atoms with Crippen LogP contribution in [-0.2, 0) is 0 Å². The summed E-state index contributed by atoms with van der Waals surface area (Å²) < 4.78 is 0. The van der Waals surface area contributed by atoms with E-state index in [0.717, 1.165) is 61.4 Å². The molecular formula is C28H33N7O. The Labute approximate surface area is 211 Å². The van der Waals surface area contributed by atoms with Crippen molar-refractivity contribution in [2.75, 3.05) is 29.0 Å². The summed E-state index contributed by atoms with van der Waals surface area (Å²) in [6.45, 7) is 1.84. The van der Waals surface area contributed by atoms with E-state index in [1.807, 2.05) is 48.7 Å². The molecule has 8 nitrogen and oxygen atoms in total. The highest BCUT2D eigenvalue weighted by Crippen LogP contribution is 2.28. The van der Waals surface area contributed by atoms with Gasteiger partial charge in [-0.2, -0.15) is 0 Å². The van der Waals surface area contributed by atoms with E-state index in [2.05, 4.69) is 20.2 Å². The minimum Gasteiger partial charge on any atom is -0.384 e. The third-order valence-corrected chi connectivity index (χ3v) is 7.05. The van der Waals surface area contributed by atoms with Crippen molar-refractivity contribution in [2.45, 2.75) is 50.6 Å². The number of hydrogen-bond donors (Lipinski definition) is 3. The minimum atomic E-state index is -0.428. The van der Waals surface area contributed by atoms with Crippen molar-refractivity contribution < 1.29 is 4.79 Å². The number of piperidine rings is 1. The molecule has 1 amide bonds. The molecule has 2 atom stereocenters. The molecule has 1 saturated carbocycles. The molecule has 186 valence electrons. The van der Waals surface area contributed by atoms with Gasteiger partial charge in [0.25, 0.3) is 0 Å². The molecule has 3 heterocycles. The van der Waals surface area contributed by atoms with E-state index in [0.29, 0.717) is 11.4 Å². The molecule has 1 aromatic carbocycles. The maximum Gasteiger partial charge on any atom is 0.248 e. The van der Waals surface area contributed by atoms with Crippen LogP contribution in [0.2, 0.25) is 0 Å². The molecule has 3 aromatic rings. The lowest BCUT2D eigenvalue weighted by Crippen LogP contribution is -2.40. The monoisotopic (exact) mass is 483 g/mol. The van der Waals surface area contributed by atoms with Crippen LogP contribution in [0.15, 0.2) is 65.9 Å². The number of benzene rings is 1. The zero-order chi connectivity index (χ0) is 24.9. The SMILES string of the molecule is NC(=O)c1cccc(-c2ccnc(N[C@@H]3CCCC[C@H]3/N=C3\CCCN(c4ccc(N)nc4)C3)c2)c1. The van der Waals surface area contributed by atoms with Crippen molar-refractivity contribution in [1.29, 1.82) is 0 Å². The number of pyridine rings is 2. The Kier molecular flexibility index (Phi) is 7.11. The fourth-order valence-corrected chi connectivity index (χ4v) is 5.16. The topological polar surface area (TPSA) is 123 Å². The van der Waals surface area contributed by atoms with Crippen LogP contribution < -0.4 is 21.7 Å². The van der Waals surface area contributed by atoms with Crippen LogP contribution in [0.4, 0.5) is 17.3 Å². The number of carbonyl (C=O) groups excluding carboxylic acids is 1. The van der Waals surface area contributed by atoms with E-state index in [1.165, 1.54) is 18.6 Å². The highest BCUT2D eigenvalue weighted by Gasteiger charge is 2.27. The van der Waals surface area contributed by atoms with Crippen molar-refractivity contribution in [2.24, 2.45) is 10.7 Å². The first-order chi connectivity index (χ1) is 17.5. The lowest BCUT2D eigenvalue weighted by atomic mass is 9.90. The van der Waals surface area contributed by atoms with Crippen molar-refractivity contribution in [3.8, 4) is 11.1 Å². The predicted octanol–water partition coefficient (Wildman–Crippen LogP) is 4.29. The molecule has 1 aliphatic carbocycles. The Morgan fingerprint density at radius 1 is 1.03 bits per heavy atom. The molecule has 36 heavy (non-hydrogen) atoms. The first-order valence-corrected chi connectivity index (χ1v) is 12.7. The second kappa shape index (κ2) is 10.8. The lowest BCUT2D eigenvalue weighted by molar-refractivity contribution is 0.100. The summed E-state index contributed by atoms with van der Waals surface area (Å²) in [6.07, 6.45) is 10.3. The molecule has 0 radical (unpaired) electrons. The van der Waals surface area contributed by atoms with Gasteiger partial charge in [-0.3, -0.25) is 9.79 Å². The molecule has 0 spiro atoms. The van der Waals surface area contributed by atoms with E-state index in [4.69, 9.17) is 16.5 Å². The number of primary amides is 1. The van der Waals surface area contributed by atoms with Crippen LogP contribution >= 0.6 is 0 Å². The second-order valence-corrected chi connectivity index (χ2v) is 9.64. The fraction of sp³-hybridized carbons (Fsp3) is 0.357. The summed E-state index contributed by atoms with van der Waals surface area (Å²) in [5.41, 5.74) is 16.0. The van der Waals surface area contributed by atoms with Crippen molar-refractivity contribution in [3.05, 3.63) is 66.5 Å². The average Bonchev–Trinajstić information content (AvgIpc) is 2.91. The smallest absolute Gasteiger partial charge is 0.248 e. The maximum atomic E-state index is 11.6. The van der Waals surface area contributed by atoms with E-state index >= 15 is 0 Å². The van der Waals surface area contributed by atoms with Crippen molar-refractivity contribution in [3.63, 3.8) is 0 Å². The molecule has 2 aliphatic rings. The minimum absolute atomic E-state index is 0.224. The van der Waals surface area contributed by atoms with Crippen LogP contribution in [0.5, 0.6) is 0 Å². The largest absolute Gasteiger partial charge is 0.384 e. The summed E-state index contributed by atoms with van der Waals surface area (Å²) in [5.74, 6) is 0.939. The normalized spacial score (nSPS) is 21.3. The zero-order valence-electron chi connectivity index (χ0n) is 20.4. The maximum absolute atomic E-state index is 11.6. The van der Waals surface area contributed by atoms with Crippen LogP contribution in [-0.4, -0.2) is 46.8 Å². The van der Waals surface area contributed by atoms with Gasteiger partial charge in [-0.15, -0.1) is 0 Å². The molecular weight excluding hydrogens is 450 g/mol. The Hall–Kier alpha value is -3.94. The van der Waals surface area contributed by atoms with Crippen LogP contribution in [0.3, 0.4) is 0 Å².